The molecular formula is C24H21N3S. The number of para-hydroxylation sites is 1. The van der Waals surface area contributed by atoms with Crippen molar-refractivity contribution in [3.63, 3.8) is 0 Å². The van der Waals surface area contributed by atoms with Crippen molar-refractivity contribution in [1.29, 1.82) is 0 Å². The van der Waals surface area contributed by atoms with E-state index in [0.29, 0.717) is 0 Å². The number of rotatable bonds is 2. The highest BCUT2D eigenvalue weighted by Gasteiger charge is 2.20. The Morgan fingerprint density at radius 1 is 1.00 bits per heavy atom. The van der Waals surface area contributed by atoms with Crippen molar-refractivity contribution in [3.05, 3.63) is 83.7 Å². The van der Waals surface area contributed by atoms with Gasteiger partial charge in [0.15, 0.2) is 0 Å². The lowest BCUT2D eigenvalue weighted by atomic mass is 9.95. The first-order chi connectivity index (χ1) is 13.8. The van der Waals surface area contributed by atoms with E-state index in [1.54, 1.807) is 0 Å². The minimum Gasteiger partial charge on any atom is -0.343 e. The molecule has 3 aromatic rings. The van der Waals surface area contributed by atoms with Gasteiger partial charge < -0.3 is 4.90 Å². The first-order valence-corrected chi connectivity index (χ1v) is 10.4. The van der Waals surface area contributed by atoms with Gasteiger partial charge in [-0.2, -0.15) is 0 Å². The first kappa shape index (κ1) is 17.3. The Bertz CT molecular complexity index is 1090. The summed E-state index contributed by atoms with van der Waals surface area (Å²) >= 11 is 1.85. The molecule has 0 N–H and O–H groups in total. The van der Waals surface area contributed by atoms with Crippen molar-refractivity contribution in [2.24, 2.45) is 4.99 Å². The Kier molecular flexibility index (Phi) is 4.49. The topological polar surface area (TPSA) is 28.5 Å². The molecule has 1 aromatic heterocycles. The van der Waals surface area contributed by atoms with Crippen LogP contribution in [0.3, 0.4) is 0 Å². The number of aromatic nitrogens is 1. The van der Waals surface area contributed by atoms with E-state index in [1.165, 1.54) is 32.3 Å². The van der Waals surface area contributed by atoms with Gasteiger partial charge in [0.05, 0.1) is 17.1 Å². The van der Waals surface area contributed by atoms with Gasteiger partial charge in [-0.3, -0.25) is 9.98 Å². The molecule has 0 radical (unpaired) electrons. The van der Waals surface area contributed by atoms with Crippen molar-refractivity contribution in [2.75, 3.05) is 18.5 Å². The van der Waals surface area contributed by atoms with Crippen LogP contribution in [0.25, 0.3) is 6.08 Å². The van der Waals surface area contributed by atoms with Crippen molar-refractivity contribution in [2.45, 2.75) is 22.6 Å². The maximum atomic E-state index is 4.80. The highest BCUT2D eigenvalue weighted by atomic mass is 32.2. The van der Waals surface area contributed by atoms with Crippen LogP contribution in [0.15, 0.2) is 87.3 Å². The summed E-state index contributed by atoms with van der Waals surface area (Å²) in [5.41, 5.74) is 7.25. The Morgan fingerprint density at radius 2 is 1.89 bits per heavy atom. The lowest BCUT2D eigenvalue weighted by molar-refractivity contribution is 0.818. The highest BCUT2D eigenvalue weighted by Crippen LogP contribution is 2.47. The molecule has 0 unspecified atom stereocenters. The van der Waals surface area contributed by atoms with E-state index in [2.05, 4.69) is 71.5 Å². The summed E-state index contributed by atoms with van der Waals surface area (Å²) in [5.74, 6) is 0. The molecule has 3 heterocycles. The van der Waals surface area contributed by atoms with Crippen LogP contribution in [0, 0.1) is 0 Å². The van der Waals surface area contributed by atoms with Crippen LogP contribution in [0.5, 0.6) is 0 Å². The van der Waals surface area contributed by atoms with E-state index in [4.69, 9.17) is 4.99 Å². The molecule has 0 amide bonds. The average molecular weight is 384 g/mol. The summed E-state index contributed by atoms with van der Waals surface area (Å²) in [4.78, 5) is 14.0. The molecule has 0 bridgehead atoms. The minimum absolute atomic E-state index is 0.892. The largest absolute Gasteiger partial charge is 0.343 e. The van der Waals surface area contributed by atoms with Crippen molar-refractivity contribution in [3.8, 4) is 0 Å². The molecule has 0 spiro atoms. The van der Waals surface area contributed by atoms with E-state index in [-0.39, 0.29) is 0 Å². The second kappa shape index (κ2) is 7.28. The van der Waals surface area contributed by atoms with Crippen LogP contribution in [-0.4, -0.2) is 24.3 Å². The molecule has 4 heteroatoms. The molecule has 0 saturated carbocycles. The number of pyridine rings is 1. The quantitative estimate of drug-likeness (QED) is 0.545. The van der Waals surface area contributed by atoms with Crippen molar-refractivity contribution < 1.29 is 0 Å². The van der Waals surface area contributed by atoms with Crippen LogP contribution in [-0.2, 0) is 0 Å². The number of anilines is 2. The molecule has 2 aliphatic rings. The number of fused-ring (bicyclic) bond motifs is 2. The summed E-state index contributed by atoms with van der Waals surface area (Å²) < 4.78 is 0. The predicted octanol–water partition coefficient (Wildman–Crippen LogP) is 5.98. The summed E-state index contributed by atoms with van der Waals surface area (Å²) in [6.45, 7) is 0.892. The molecule has 0 aliphatic carbocycles. The van der Waals surface area contributed by atoms with E-state index in [0.717, 1.165) is 30.7 Å². The normalized spacial score (nSPS) is 17.1. The molecule has 28 heavy (non-hydrogen) atoms. The molecule has 3 nitrogen and oxygen atoms in total. The van der Waals surface area contributed by atoms with Crippen LogP contribution < -0.4 is 4.90 Å². The van der Waals surface area contributed by atoms with Gasteiger partial charge in [0.1, 0.15) is 0 Å². The molecule has 0 fully saturated rings. The summed E-state index contributed by atoms with van der Waals surface area (Å²) in [5, 5.41) is 0. The molecule has 0 atom stereocenters. The predicted molar refractivity (Wildman–Crippen MR) is 118 cm³/mol. The summed E-state index contributed by atoms with van der Waals surface area (Å²) in [6, 6.07) is 19.4. The van der Waals surface area contributed by atoms with Gasteiger partial charge in [-0.1, -0.05) is 30.0 Å². The van der Waals surface area contributed by atoms with Gasteiger partial charge >= 0.3 is 0 Å². The Balaban J connectivity index is 1.51. The Labute approximate surface area is 169 Å². The van der Waals surface area contributed by atoms with Crippen molar-refractivity contribution in [1.82, 2.24) is 4.98 Å². The average Bonchev–Trinajstić information content (AvgIpc) is 2.75. The van der Waals surface area contributed by atoms with Gasteiger partial charge in [0, 0.05) is 41.3 Å². The molecule has 138 valence electrons. The highest BCUT2D eigenvalue weighted by molar-refractivity contribution is 7.99. The SMILES string of the molecule is CN1c2ccccc2Sc2cc(C=C3CCCN=C3c3cccnc3)ccc21. The molecule has 2 aliphatic heterocycles. The second-order valence-corrected chi connectivity index (χ2v) is 8.18. The van der Waals surface area contributed by atoms with Crippen molar-refractivity contribution >= 4 is 34.9 Å². The van der Waals surface area contributed by atoms with Gasteiger partial charge in [-0.25, -0.2) is 0 Å². The zero-order chi connectivity index (χ0) is 18.9. The van der Waals surface area contributed by atoms with E-state index in [9.17, 15) is 0 Å². The maximum Gasteiger partial charge on any atom is 0.0694 e. The summed E-state index contributed by atoms with van der Waals surface area (Å²) in [6.07, 6.45) is 8.18. The Hall–Kier alpha value is -2.85. The molecule has 2 aromatic carbocycles. The van der Waals surface area contributed by atoms with Gasteiger partial charge in [0.25, 0.3) is 0 Å². The number of allylic oxidation sites excluding steroid dienone is 1. The molecule has 0 saturated heterocycles. The fourth-order valence-electron chi connectivity index (χ4n) is 3.85. The van der Waals surface area contributed by atoms with E-state index >= 15 is 0 Å². The number of hydrogen-bond acceptors (Lipinski definition) is 4. The maximum absolute atomic E-state index is 4.80. The first-order valence-electron chi connectivity index (χ1n) is 9.60. The third-order valence-electron chi connectivity index (χ3n) is 5.25. The van der Waals surface area contributed by atoms with Gasteiger partial charge in [0.2, 0.25) is 0 Å². The van der Waals surface area contributed by atoms with Gasteiger partial charge in [-0.05, 0) is 66.5 Å². The van der Waals surface area contributed by atoms with Gasteiger partial charge in [-0.15, -0.1) is 0 Å². The molecular weight excluding hydrogens is 362 g/mol. The van der Waals surface area contributed by atoms with Crippen LogP contribution in [0.4, 0.5) is 11.4 Å². The lowest BCUT2D eigenvalue weighted by Crippen LogP contribution is -2.14. The van der Waals surface area contributed by atoms with Crippen LogP contribution in [0.2, 0.25) is 0 Å². The smallest absolute Gasteiger partial charge is 0.0694 e. The number of benzene rings is 2. The number of nitrogens with zero attached hydrogens (tertiary/aromatic N) is 3. The minimum atomic E-state index is 0.892. The zero-order valence-corrected chi connectivity index (χ0v) is 16.6. The van der Waals surface area contributed by atoms with Crippen LogP contribution >= 0.6 is 11.8 Å². The fourth-order valence-corrected chi connectivity index (χ4v) is 5.05. The molecule has 5 rings (SSSR count). The van der Waals surface area contributed by atoms with E-state index in [1.807, 2.05) is 30.2 Å². The standard InChI is InChI=1S/C24H21N3S/c1-27-20-8-2-3-9-22(20)28-23-15-17(10-11-21(23)27)14-18-6-5-13-26-24(18)19-7-4-12-25-16-19/h2-4,7-12,14-16H,5-6,13H2,1H3. The fraction of sp³-hybridized carbons (Fsp3) is 0.167. The zero-order valence-electron chi connectivity index (χ0n) is 15.8. The Morgan fingerprint density at radius 3 is 2.79 bits per heavy atom. The number of hydrogen-bond donors (Lipinski definition) is 0. The monoisotopic (exact) mass is 383 g/mol. The van der Waals surface area contributed by atoms with E-state index < -0.39 is 0 Å². The second-order valence-electron chi connectivity index (χ2n) is 7.10. The number of aliphatic imine (C=N–C) groups is 1. The summed E-state index contributed by atoms with van der Waals surface area (Å²) in [7, 11) is 2.14. The lowest BCUT2D eigenvalue weighted by Gasteiger charge is -2.29. The third-order valence-corrected chi connectivity index (χ3v) is 6.36. The third kappa shape index (κ3) is 3.14. The van der Waals surface area contributed by atoms with Crippen LogP contribution in [0.1, 0.15) is 24.0 Å².